The second-order valence-electron chi connectivity index (χ2n) is 9.90. The monoisotopic (exact) mass is 674 g/mol. The van der Waals surface area contributed by atoms with Crippen molar-refractivity contribution in [2.45, 2.75) is 39.2 Å². The zero-order valence-electron chi connectivity index (χ0n) is 23.9. The van der Waals surface area contributed by atoms with E-state index in [9.17, 15) is 19.2 Å². The van der Waals surface area contributed by atoms with E-state index in [-0.39, 0.29) is 18.1 Å². The summed E-state index contributed by atoms with van der Waals surface area (Å²) in [5.41, 5.74) is 2.69. The summed E-state index contributed by atoms with van der Waals surface area (Å²) in [4.78, 5) is 53.7. The van der Waals surface area contributed by atoms with E-state index in [1.165, 1.54) is 18.4 Å². The minimum Gasteiger partial charge on any atom is -0.493 e. The molecule has 13 heteroatoms. The maximum atomic E-state index is 13.1. The third kappa shape index (κ3) is 7.07. The number of halogens is 2. The lowest BCUT2D eigenvalue weighted by Crippen LogP contribution is -2.36. The number of nitrogens with one attached hydrogen (secondary N) is 1. The zero-order chi connectivity index (χ0) is 31.4. The number of methoxy groups -OCH3 is 1. The third-order valence-electron chi connectivity index (χ3n) is 6.94. The van der Waals surface area contributed by atoms with E-state index in [1.807, 2.05) is 0 Å². The lowest BCUT2D eigenvalue weighted by Gasteiger charge is -2.13. The molecule has 1 aromatic heterocycles. The largest absolute Gasteiger partial charge is 0.493 e. The average molecular weight is 676 g/mol. The van der Waals surface area contributed by atoms with Crippen molar-refractivity contribution in [3.63, 3.8) is 0 Å². The first-order valence-electron chi connectivity index (χ1n) is 13.8. The smallest absolute Gasteiger partial charge is 0.341 e. The summed E-state index contributed by atoms with van der Waals surface area (Å²) in [6, 6.07) is 10.3. The summed E-state index contributed by atoms with van der Waals surface area (Å²) in [6.07, 6.45) is 5.07. The van der Waals surface area contributed by atoms with Crippen molar-refractivity contribution in [3.05, 3.63) is 78.5 Å². The van der Waals surface area contributed by atoms with Gasteiger partial charge in [0.1, 0.15) is 18.2 Å². The molecule has 1 saturated heterocycles. The number of carbonyl (C=O) groups is 4. The zero-order valence-corrected chi connectivity index (χ0v) is 27.0. The van der Waals surface area contributed by atoms with Crippen LogP contribution in [0.4, 0.5) is 9.80 Å². The lowest BCUT2D eigenvalue weighted by atomic mass is 9.95. The molecule has 5 rings (SSSR count). The van der Waals surface area contributed by atoms with Gasteiger partial charge in [0.2, 0.25) is 5.91 Å². The molecule has 2 aromatic carbocycles. The molecule has 1 aliphatic carbocycles. The number of benzene rings is 2. The first-order chi connectivity index (χ1) is 21.2. The predicted molar refractivity (Wildman–Crippen MR) is 172 cm³/mol. The van der Waals surface area contributed by atoms with Gasteiger partial charge in [-0.3, -0.25) is 19.3 Å². The minimum absolute atomic E-state index is 0.160. The molecule has 3 amide bonds. The van der Waals surface area contributed by atoms with Gasteiger partial charge in [0.15, 0.2) is 11.5 Å². The molecule has 1 fully saturated rings. The van der Waals surface area contributed by atoms with E-state index in [4.69, 9.17) is 37.4 Å². The van der Waals surface area contributed by atoms with Crippen LogP contribution in [0.1, 0.15) is 51.7 Å². The number of carbonyl (C=O) groups excluding carboxylic acids is 4. The molecule has 1 N–H and O–H groups in total. The van der Waals surface area contributed by atoms with Crippen molar-refractivity contribution in [3.8, 4) is 11.5 Å². The van der Waals surface area contributed by atoms with Gasteiger partial charge in [0, 0.05) is 4.88 Å². The molecule has 230 valence electrons. The van der Waals surface area contributed by atoms with Crippen LogP contribution in [0.3, 0.4) is 0 Å². The van der Waals surface area contributed by atoms with Crippen molar-refractivity contribution in [1.82, 2.24) is 4.90 Å². The highest BCUT2D eigenvalue weighted by atomic mass is 35.5. The molecule has 0 unspecified atom stereocenters. The fraction of sp³-hybridized carbons (Fsp3) is 0.290. The van der Waals surface area contributed by atoms with E-state index in [0.717, 1.165) is 58.3 Å². The van der Waals surface area contributed by atoms with Crippen LogP contribution in [0.2, 0.25) is 10.0 Å². The third-order valence-corrected chi connectivity index (χ3v) is 9.80. The number of esters is 1. The Labute approximate surface area is 272 Å². The van der Waals surface area contributed by atoms with Gasteiger partial charge in [0.25, 0.3) is 11.1 Å². The van der Waals surface area contributed by atoms with E-state index in [2.05, 4.69) is 5.32 Å². The van der Waals surface area contributed by atoms with E-state index < -0.39 is 29.6 Å². The number of thiophene rings is 1. The Kier molecular flexibility index (Phi) is 10.2. The van der Waals surface area contributed by atoms with Crippen molar-refractivity contribution >= 4 is 80.4 Å². The summed E-state index contributed by atoms with van der Waals surface area (Å²) < 4.78 is 16.6. The first-order valence-corrected chi connectivity index (χ1v) is 16.2. The van der Waals surface area contributed by atoms with Gasteiger partial charge >= 0.3 is 5.97 Å². The Morgan fingerprint density at radius 2 is 1.84 bits per heavy atom. The normalized spacial score (nSPS) is 15.4. The fourth-order valence-electron chi connectivity index (χ4n) is 4.85. The number of imide groups is 1. The number of hydrogen-bond donors (Lipinski definition) is 1. The highest BCUT2D eigenvalue weighted by Crippen LogP contribution is 2.39. The Bertz CT molecular complexity index is 1670. The maximum Gasteiger partial charge on any atom is 0.341 e. The number of nitrogens with zero attached hydrogens (tertiary/aromatic N) is 1. The molecule has 0 spiro atoms. The SMILES string of the molecule is CCOC(=O)c1c(NC(=O)CN2C(=O)S/C(=C/c3ccc(OCc4ccc(Cl)c(Cl)c4)c(OC)c3)C2=O)sc2c1CCCC2. The van der Waals surface area contributed by atoms with Gasteiger partial charge in [-0.15, -0.1) is 11.3 Å². The van der Waals surface area contributed by atoms with Crippen molar-refractivity contribution in [2.24, 2.45) is 0 Å². The number of amides is 3. The standard InChI is InChI=1S/C31H28Cl2N2O7S2/c1-3-41-30(38)27-19-6-4-5-7-24(19)43-28(27)34-26(36)15-35-29(37)25(44-31(35)39)14-17-9-11-22(23(13-17)40-2)42-16-18-8-10-20(32)21(33)12-18/h8-14H,3-7,15-16H2,1-2H3,(H,34,36)/b25-14+. The van der Waals surface area contributed by atoms with Gasteiger partial charge in [0.05, 0.1) is 34.2 Å². The van der Waals surface area contributed by atoms with Crippen LogP contribution in [0.25, 0.3) is 6.08 Å². The lowest BCUT2D eigenvalue weighted by molar-refractivity contribution is -0.127. The highest BCUT2D eigenvalue weighted by molar-refractivity contribution is 8.18. The van der Waals surface area contributed by atoms with Crippen LogP contribution in [0.15, 0.2) is 41.3 Å². The molecule has 2 aliphatic rings. The van der Waals surface area contributed by atoms with Gasteiger partial charge in [-0.05, 0) is 91.4 Å². The molecule has 0 radical (unpaired) electrons. The van der Waals surface area contributed by atoms with E-state index in [1.54, 1.807) is 49.4 Å². The second kappa shape index (κ2) is 14.1. The summed E-state index contributed by atoms with van der Waals surface area (Å²) in [5.74, 6) is -0.767. The highest BCUT2D eigenvalue weighted by Gasteiger charge is 2.37. The number of aryl methyl sites for hydroxylation is 1. The van der Waals surface area contributed by atoms with Crippen LogP contribution in [-0.2, 0) is 33.8 Å². The molecule has 2 heterocycles. The Morgan fingerprint density at radius 3 is 2.59 bits per heavy atom. The van der Waals surface area contributed by atoms with Crippen LogP contribution in [-0.4, -0.2) is 48.2 Å². The molecule has 0 saturated carbocycles. The molecular formula is C31H28Cl2N2O7S2. The maximum absolute atomic E-state index is 13.1. The number of rotatable bonds is 10. The first kappa shape index (κ1) is 31.9. The van der Waals surface area contributed by atoms with E-state index in [0.29, 0.717) is 37.7 Å². The number of hydrogen-bond acceptors (Lipinski definition) is 9. The number of thioether (sulfide) groups is 1. The molecule has 0 atom stereocenters. The molecule has 0 bridgehead atoms. The van der Waals surface area contributed by atoms with Crippen LogP contribution < -0.4 is 14.8 Å². The van der Waals surface area contributed by atoms with Gasteiger partial charge in [-0.1, -0.05) is 35.3 Å². The summed E-state index contributed by atoms with van der Waals surface area (Å²) in [5, 5.41) is 3.44. The van der Waals surface area contributed by atoms with Crippen molar-refractivity contribution in [1.29, 1.82) is 0 Å². The minimum atomic E-state index is -0.592. The van der Waals surface area contributed by atoms with Crippen LogP contribution in [0, 0.1) is 0 Å². The van der Waals surface area contributed by atoms with Gasteiger partial charge in [-0.2, -0.15) is 0 Å². The molecule has 3 aromatic rings. The number of fused-ring (bicyclic) bond motifs is 1. The quantitative estimate of drug-likeness (QED) is 0.175. The second-order valence-corrected chi connectivity index (χ2v) is 12.8. The van der Waals surface area contributed by atoms with E-state index >= 15 is 0 Å². The fourth-order valence-corrected chi connectivity index (χ4v) is 7.31. The number of anilines is 1. The van der Waals surface area contributed by atoms with Gasteiger partial charge < -0.3 is 19.5 Å². The summed E-state index contributed by atoms with van der Waals surface area (Å²) in [7, 11) is 1.50. The summed E-state index contributed by atoms with van der Waals surface area (Å²) >= 11 is 14.1. The summed E-state index contributed by atoms with van der Waals surface area (Å²) in [6.45, 7) is 1.67. The topological polar surface area (TPSA) is 111 Å². The van der Waals surface area contributed by atoms with Crippen LogP contribution in [0.5, 0.6) is 11.5 Å². The Balaban J connectivity index is 1.26. The molecule has 44 heavy (non-hydrogen) atoms. The van der Waals surface area contributed by atoms with Crippen molar-refractivity contribution in [2.75, 3.05) is 25.6 Å². The molecular weight excluding hydrogens is 647 g/mol. The average Bonchev–Trinajstić information content (AvgIpc) is 3.49. The molecule has 1 aliphatic heterocycles. The Hall–Kier alpha value is -3.51. The number of ether oxygens (including phenoxy) is 3. The molecule has 9 nitrogen and oxygen atoms in total. The predicted octanol–water partition coefficient (Wildman–Crippen LogP) is 7.37. The Morgan fingerprint density at radius 1 is 1.05 bits per heavy atom. The van der Waals surface area contributed by atoms with Crippen molar-refractivity contribution < 1.29 is 33.4 Å². The van der Waals surface area contributed by atoms with Crippen LogP contribution >= 0.6 is 46.3 Å². The van der Waals surface area contributed by atoms with Gasteiger partial charge in [-0.25, -0.2) is 4.79 Å².